The largest absolute Gasteiger partial charge is 0.443 e. The first kappa shape index (κ1) is 21.1. The molecule has 2 rings (SSSR count). The van der Waals surface area contributed by atoms with Crippen molar-refractivity contribution in [1.82, 2.24) is 10.2 Å². The van der Waals surface area contributed by atoms with Crippen molar-refractivity contribution in [1.29, 1.82) is 0 Å². The number of ether oxygens (including phenoxy) is 1. The average Bonchev–Trinajstić information content (AvgIpc) is 2.60. The van der Waals surface area contributed by atoms with Gasteiger partial charge in [-0.2, -0.15) is 0 Å². The lowest BCUT2D eigenvalue weighted by Gasteiger charge is -2.26. The summed E-state index contributed by atoms with van der Waals surface area (Å²) in [6, 6.07) is 14.0. The molecule has 0 bridgehead atoms. The summed E-state index contributed by atoms with van der Waals surface area (Å²) in [6.07, 6.45) is -0.196. The Labute approximate surface area is 165 Å². The van der Waals surface area contributed by atoms with E-state index in [0.717, 1.165) is 16.0 Å². The summed E-state index contributed by atoms with van der Waals surface area (Å²) in [7, 11) is 0. The lowest BCUT2D eigenvalue weighted by atomic mass is 10.1. The number of nitrogen functional groups attached to an aromatic ring is 2. The number of urea groups is 1. The highest BCUT2D eigenvalue weighted by Gasteiger charge is 2.27. The maximum Gasteiger partial charge on any atom is 0.418 e. The van der Waals surface area contributed by atoms with Crippen LogP contribution >= 0.6 is 0 Å². The van der Waals surface area contributed by atoms with Crippen molar-refractivity contribution >= 4 is 23.5 Å². The zero-order valence-corrected chi connectivity index (χ0v) is 16.6. The Hall–Kier alpha value is -3.22. The van der Waals surface area contributed by atoms with Crippen LogP contribution in [-0.4, -0.2) is 29.2 Å². The fourth-order valence-electron chi connectivity index (χ4n) is 2.49. The van der Waals surface area contributed by atoms with Crippen molar-refractivity contribution in [3.63, 3.8) is 0 Å². The maximum absolute atomic E-state index is 12.7. The molecule has 3 amide bonds. The molecule has 5 N–H and O–H groups in total. The molecule has 2 aromatic rings. The van der Waals surface area contributed by atoms with Gasteiger partial charge in [0.15, 0.2) is 0 Å². The number of anilines is 2. The van der Waals surface area contributed by atoms with E-state index >= 15 is 0 Å². The van der Waals surface area contributed by atoms with Crippen molar-refractivity contribution in [2.24, 2.45) is 0 Å². The first-order valence-corrected chi connectivity index (χ1v) is 9.11. The SMILES string of the molecule is CC(C)(C)OC(=O)N(CCc1ccc(N)cc1)C(=O)NCc1cccc(N)c1. The Kier molecular flexibility index (Phi) is 6.87. The number of carbonyl (C=O) groups is 2. The van der Waals surface area contributed by atoms with Gasteiger partial charge in [-0.1, -0.05) is 24.3 Å². The summed E-state index contributed by atoms with van der Waals surface area (Å²) in [5.74, 6) is 0. The van der Waals surface area contributed by atoms with Gasteiger partial charge in [-0.25, -0.2) is 14.5 Å². The van der Waals surface area contributed by atoms with Crippen molar-refractivity contribution in [2.45, 2.75) is 39.3 Å². The number of imide groups is 1. The second-order valence-electron chi connectivity index (χ2n) is 7.53. The molecule has 7 nitrogen and oxygen atoms in total. The Morgan fingerprint density at radius 3 is 2.29 bits per heavy atom. The number of nitrogens with two attached hydrogens (primary N) is 2. The molecule has 0 unspecified atom stereocenters. The molecule has 0 aliphatic carbocycles. The summed E-state index contributed by atoms with van der Waals surface area (Å²) in [5.41, 5.74) is 13.8. The van der Waals surface area contributed by atoms with Gasteiger partial charge in [0.05, 0.1) is 0 Å². The van der Waals surface area contributed by atoms with Crippen molar-refractivity contribution in [3.05, 3.63) is 59.7 Å². The van der Waals surface area contributed by atoms with Crippen LogP contribution in [0.2, 0.25) is 0 Å². The molecule has 0 aliphatic rings. The topological polar surface area (TPSA) is 111 Å². The third-order valence-electron chi connectivity index (χ3n) is 3.86. The minimum Gasteiger partial charge on any atom is -0.443 e. The van der Waals surface area contributed by atoms with Gasteiger partial charge in [-0.15, -0.1) is 0 Å². The van der Waals surface area contributed by atoms with Gasteiger partial charge in [0, 0.05) is 24.5 Å². The zero-order valence-electron chi connectivity index (χ0n) is 16.6. The summed E-state index contributed by atoms with van der Waals surface area (Å²) >= 11 is 0. The first-order valence-electron chi connectivity index (χ1n) is 9.11. The molecule has 2 aromatic carbocycles. The number of rotatable bonds is 5. The van der Waals surface area contributed by atoms with Crippen molar-refractivity contribution < 1.29 is 14.3 Å². The Bertz CT molecular complexity index is 813. The normalized spacial score (nSPS) is 11.0. The minimum atomic E-state index is -0.704. The molecule has 7 heteroatoms. The highest BCUT2D eigenvalue weighted by molar-refractivity contribution is 5.91. The molecule has 150 valence electrons. The van der Waals surface area contributed by atoms with E-state index in [1.165, 1.54) is 0 Å². The van der Waals surface area contributed by atoms with Gasteiger partial charge in [-0.05, 0) is 62.6 Å². The van der Waals surface area contributed by atoms with Crippen LogP contribution in [0.15, 0.2) is 48.5 Å². The molecule has 0 radical (unpaired) electrons. The lowest BCUT2D eigenvalue weighted by Crippen LogP contribution is -2.46. The van der Waals surface area contributed by atoms with Gasteiger partial charge < -0.3 is 21.5 Å². The second-order valence-corrected chi connectivity index (χ2v) is 7.53. The van der Waals surface area contributed by atoms with Gasteiger partial charge >= 0.3 is 12.1 Å². The Morgan fingerprint density at radius 2 is 1.68 bits per heavy atom. The van der Waals surface area contributed by atoms with Crippen molar-refractivity contribution in [2.75, 3.05) is 18.0 Å². The molecule has 0 spiro atoms. The summed E-state index contributed by atoms with van der Waals surface area (Å²) in [5, 5.41) is 2.75. The first-order chi connectivity index (χ1) is 13.1. The molecular weight excluding hydrogens is 356 g/mol. The van der Waals surface area contributed by atoms with Crippen LogP contribution in [0.5, 0.6) is 0 Å². The predicted octanol–water partition coefficient (Wildman–Crippen LogP) is 3.54. The van der Waals surface area contributed by atoms with Gasteiger partial charge in [-0.3, -0.25) is 0 Å². The quantitative estimate of drug-likeness (QED) is 0.683. The van der Waals surface area contributed by atoms with Crippen LogP contribution < -0.4 is 16.8 Å². The summed E-state index contributed by atoms with van der Waals surface area (Å²) in [6.45, 7) is 5.71. The molecule has 0 heterocycles. The maximum atomic E-state index is 12.7. The van der Waals surface area contributed by atoms with E-state index in [2.05, 4.69) is 5.32 Å². The van der Waals surface area contributed by atoms with Crippen LogP contribution in [0.25, 0.3) is 0 Å². The second kappa shape index (κ2) is 9.12. The molecule has 0 aliphatic heterocycles. The van der Waals surface area contributed by atoms with Crippen molar-refractivity contribution in [3.8, 4) is 0 Å². The predicted molar refractivity (Wildman–Crippen MR) is 111 cm³/mol. The summed E-state index contributed by atoms with van der Waals surface area (Å²) in [4.78, 5) is 26.3. The standard InChI is InChI=1S/C21H28N4O3/c1-21(2,3)28-20(27)25(12-11-15-7-9-17(22)10-8-15)19(26)24-14-16-5-4-6-18(23)13-16/h4-10,13H,11-12,14,22-23H2,1-3H3,(H,24,26). The molecule has 0 fully saturated rings. The molecule has 0 atom stereocenters. The third kappa shape index (κ3) is 6.83. The monoisotopic (exact) mass is 384 g/mol. The highest BCUT2D eigenvalue weighted by Crippen LogP contribution is 2.13. The van der Waals surface area contributed by atoms with Crippen LogP contribution in [0, 0.1) is 0 Å². The molecule has 28 heavy (non-hydrogen) atoms. The van der Waals surface area contributed by atoms with Crippen LogP contribution in [0.3, 0.4) is 0 Å². The van der Waals surface area contributed by atoms with E-state index in [0.29, 0.717) is 17.8 Å². The fourth-order valence-corrected chi connectivity index (χ4v) is 2.49. The number of carbonyl (C=O) groups excluding carboxylic acids is 2. The number of amides is 3. The number of hydrogen-bond acceptors (Lipinski definition) is 5. The van der Waals surface area contributed by atoms with E-state index in [9.17, 15) is 9.59 Å². The van der Waals surface area contributed by atoms with E-state index in [1.54, 1.807) is 45.0 Å². The molecule has 0 saturated carbocycles. The minimum absolute atomic E-state index is 0.182. The van der Waals surface area contributed by atoms with E-state index in [-0.39, 0.29) is 13.1 Å². The lowest BCUT2D eigenvalue weighted by molar-refractivity contribution is 0.0322. The van der Waals surface area contributed by atoms with Crippen LogP contribution in [0.1, 0.15) is 31.9 Å². The number of nitrogens with zero attached hydrogens (tertiary/aromatic N) is 1. The fraction of sp³-hybridized carbons (Fsp3) is 0.333. The van der Waals surface area contributed by atoms with Crippen LogP contribution in [0.4, 0.5) is 21.0 Å². The molecule has 0 saturated heterocycles. The average molecular weight is 384 g/mol. The van der Waals surface area contributed by atoms with Gasteiger partial charge in [0.2, 0.25) is 0 Å². The Morgan fingerprint density at radius 1 is 1.00 bits per heavy atom. The summed E-state index contributed by atoms with van der Waals surface area (Å²) < 4.78 is 5.39. The highest BCUT2D eigenvalue weighted by atomic mass is 16.6. The van der Waals surface area contributed by atoms with Crippen LogP contribution in [-0.2, 0) is 17.7 Å². The van der Waals surface area contributed by atoms with E-state index in [4.69, 9.17) is 16.2 Å². The van der Waals surface area contributed by atoms with E-state index in [1.807, 2.05) is 24.3 Å². The number of nitrogens with one attached hydrogen (secondary N) is 1. The van der Waals surface area contributed by atoms with Gasteiger partial charge in [0.1, 0.15) is 5.60 Å². The van der Waals surface area contributed by atoms with Gasteiger partial charge in [0.25, 0.3) is 0 Å². The zero-order chi connectivity index (χ0) is 20.7. The van der Waals surface area contributed by atoms with E-state index < -0.39 is 17.7 Å². The molecular formula is C21H28N4O3. The third-order valence-corrected chi connectivity index (χ3v) is 3.86. The molecule has 0 aromatic heterocycles. The number of hydrogen-bond donors (Lipinski definition) is 3. The Balaban J connectivity index is 2.06. The number of benzene rings is 2. The smallest absolute Gasteiger partial charge is 0.418 e.